The van der Waals surface area contributed by atoms with Crippen LogP contribution in [0.15, 0.2) is 0 Å². The van der Waals surface area contributed by atoms with Crippen LogP contribution in [0.2, 0.25) is 0 Å². The molecule has 0 aromatic carbocycles. The van der Waals surface area contributed by atoms with Gasteiger partial charge in [-0.05, 0) is 81.2 Å². The van der Waals surface area contributed by atoms with Crippen LogP contribution in [0.25, 0.3) is 0 Å². The van der Waals surface area contributed by atoms with Gasteiger partial charge in [0.1, 0.15) is 11.9 Å². The van der Waals surface area contributed by atoms with Gasteiger partial charge in [0.05, 0.1) is 17.2 Å². The lowest BCUT2D eigenvalue weighted by atomic mass is 9.79. The number of hydrogen-bond donors (Lipinski definition) is 1. The molecule has 2 fully saturated rings. The summed E-state index contributed by atoms with van der Waals surface area (Å²) in [5, 5.41) is 10.7. The number of nitrogens with zero attached hydrogens (tertiary/aromatic N) is 2. The first kappa shape index (κ1) is 30.8. The summed E-state index contributed by atoms with van der Waals surface area (Å²) in [5.41, 5.74) is -1.42. The molecule has 3 unspecified atom stereocenters. The number of hydrogen-bond acceptors (Lipinski definition) is 6. The second-order valence-electron chi connectivity index (χ2n) is 10.9. The fraction of sp³-hybridized carbons (Fsp3) is 0.920. The average Bonchev–Trinajstić information content (AvgIpc) is 3.15. The zero-order valence-electron chi connectivity index (χ0n) is 22.5. The first-order valence-electron chi connectivity index (χ1n) is 12.1. The van der Waals surface area contributed by atoms with Crippen molar-refractivity contribution in [3.05, 3.63) is 0 Å². The van der Waals surface area contributed by atoms with Crippen LogP contribution in [0.1, 0.15) is 88.5 Å². The van der Waals surface area contributed by atoms with Gasteiger partial charge >= 0.3 is 6.09 Å². The lowest BCUT2D eigenvalue weighted by molar-refractivity contribution is -0.115. The fourth-order valence-electron chi connectivity index (χ4n) is 3.90. The first-order chi connectivity index (χ1) is 14.6. The van der Waals surface area contributed by atoms with Gasteiger partial charge in [-0.15, -0.1) is 0 Å². The Morgan fingerprint density at radius 1 is 0.969 bits per heavy atom. The number of ether oxygens (including phenoxy) is 2. The van der Waals surface area contributed by atoms with E-state index >= 15 is 0 Å². The highest BCUT2D eigenvalue weighted by Crippen LogP contribution is 2.34. The molecule has 0 aromatic rings. The van der Waals surface area contributed by atoms with E-state index in [0.717, 1.165) is 32.1 Å². The molecular weight excluding hydrogens is 408 g/mol. The number of carbonyl (C=O) groups is 2. The second-order valence-corrected chi connectivity index (χ2v) is 10.9. The van der Waals surface area contributed by atoms with Crippen molar-refractivity contribution in [3.63, 3.8) is 0 Å². The lowest BCUT2D eigenvalue weighted by Gasteiger charge is -2.48. The predicted octanol–water partition coefficient (Wildman–Crippen LogP) is 4.50. The van der Waals surface area contributed by atoms with Crippen LogP contribution >= 0.6 is 0 Å². The quantitative estimate of drug-likeness (QED) is 0.627. The summed E-state index contributed by atoms with van der Waals surface area (Å²) >= 11 is 0. The number of likely N-dealkylation sites (tertiary alicyclic amines) is 2. The van der Waals surface area contributed by atoms with Crippen LogP contribution in [0.5, 0.6) is 0 Å². The summed E-state index contributed by atoms with van der Waals surface area (Å²) in [6.07, 6.45) is 3.33. The molecule has 0 aliphatic carbocycles. The zero-order chi connectivity index (χ0) is 25.3. The van der Waals surface area contributed by atoms with Crippen molar-refractivity contribution in [3.8, 4) is 0 Å². The predicted molar refractivity (Wildman–Crippen MR) is 130 cm³/mol. The standard InChI is InChI=1S/C18H32N2O4.C5H12O.C2H6/c1-17(2,3)24-16(22)19-10-8-15(14(11-19)18(4,5)23)20-9-6-7-13(20)12-21;1-5(2,3)6-4;1-2/h12-15,23H,6-11H2,1-5H3;1-4H3;1-2H3. The van der Waals surface area contributed by atoms with Crippen molar-refractivity contribution in [2.75, 3.05) is 26.7 Å². The molecule has 2 saturated heterocycles. The van der Waals surface area contributed by atoms with Gasteiger partial charge in [-0.1, -0.05) is 13.8 Å². The molecule has 0 bridgehead atoms. The Bertz CT molecular complexity index is 560. The Kier molecular flexibility index (Phi) is 12.4. The van der Waals surface area contributed by atoms with Crippen molar-refractivity contribution in [2.45, 2.75) is 117 Å². The van der Waals surface area contributed by atoms with E-state index in [1.54, 1.807) is 25.9 Å². The summed E-state index contributed by atoms with van der Waals surface area (Å²) in [5.74, 6) is -0.112. The monoisotopic (exact) mass is 458 g/mol. The Morgan fingerprint density at radius 2 is 1.50 bits per heavy atom. The summed E-state index contributed by atoms with van der Waals surface area (Å²) in [6.45, 7) is 21.1. The van der Waals surface area contributed by atoms with E-state index in [0.29, 0.717) is 13.1 Å². The summed E-state index contributed by atoms with van der Waals surface area (Å²) in [4.78, 5) is 27.7. The molecule has 0 aromatic heterocycles. The summed E-state index contributed by atoms with van der Waals surface area (Å²) in [7, 11) is 1.71. The van der Waals surface area contributed by atoms with E-state index in [-0.39, 0.29) is 29.7 Å². The number of rotatable bonds is 3. The van der Waals surface area contributed by atoms with Crippen LogP contribution in [-0.2, 0) is 14.3 Å². The highest BCUT2D eigenvalue weighted by atomic mass is 16.6. The minimum Gasteiger partial charge on any atom is -0.444 e. The molecular formula is C25H50N2O5. The van der Waals surface area contributed by atoms with Gasteiger partial charge in [0.15, 0.2) is 0 Å². The van der Waals surface area contributed by atoms with Gasteiger partial charge in [0, 0.05) is 32.2 Å². The molecule has 1 amide bonds. The normalized spacial score (nSPS) is 24.6. The minimum atomic E-state index is -0.929. The zero-order valence-corrected chi connectivity index (χ0v) is 22.5. The molecule has 2 aliphatic heterocycles. The van der Waals surface area contributed by atoms with Crippen LogP contribution in [0, 0.1) is 5.92 Å². The smallest absolute Gasteiger partial charge is 0.410 e. The van der Waals surface area contributed by atoms with Gasteiger partial charge in [-0.25, -0.2) is 4.79 Å². The summed E-state index contributed by atoms with van der Waals surface area (Å²) < 4.78 is 10.4. The number of aliphatic hydroxyl groups is 1. The number of methoxy groups -OCH3 is 1. The van der Waals surface area contributed by atoms with E-state index in [4.69, 9.17) is 9.47 Å². The van der Waals surface area contributed by atoms with Gasteiger partial charge in [-0.3, -0.25) is 4.90 Å². The Balaban J connectivity index is 0.00000104. The molecule has 2 rings (SSSR count). The average molecular weight is 459 g/mol. The third kappa shape index (κ3) is 10.6. The van der Waals surface area contributed by atoms with Crippen LogP contribution < -0.4 is 0 Å². The molecule has 190 valence electrons. The molecule has 2 aliphatic rings. The molecule has 32 heavy (non-hydrogen) atoms. The van der Waals surface area contributed by atoms with Crippen molar-refractivity contribution < 1.29 is 24.2 Å². The van der Waals surface area contributed by atoms with Crippen molar-refractivity contribution in [1.82, 2.24) is 9.80 Å². The highest BCUT2D eigenvalue weighted by Gasteiger charge is 2.45. The maximum atomic E-state index is 12.4. The number of amides is 1. The minimum absolute atomic E-state index is 0.0417. The first-order valence-corrected chi connectivity index (χ1v) is 12.1. The maximum Gasteiger partial charge on any atom is 0.410 e. The van der Waals surface area contributed by atoms with Crippen molar-refractivity contribution >= 4 is 12.4 Å². The molecule has 0 spiro atoms. The van der Waals surface area contributed by atoms with Crippen LogP contribution in [0.4, 0.5) is 4.79 Å². The molecule has 3 atom stereocenters. The van der Waals surface area contributed by atoms with E-state index in [1.807, 2.05) is 55.4 Å². The second kappa shape index (κ2) is 12.9. The number of carbonyl (C=O) groups excluding carboxylic acids is 2. The Morgan fingerprint density at radius 3 is 1.91 bits per heavy atom. The van der Waals surface area contributed by atoms with Gasteiger partial charge in [0.2, 0.25) is 0 Å². The fourth-order valence-corrected chi connectivity index (χ4v) is 3.90. The molecule has 0 radical (unpaired) electrons. The number of piperidine rings is 1. The third-order valence-corrected chi connectivity index (χ3v) is 5.67. The van der Waals surface area contributed by atoms with E-state index in [2.05, 4.69) is 4.90 Å². The van der Waals surface area contributed by atoms with Gasteiger partial charge < -0.3 is 24.3 Å². The lowest BCUT2D eigenvalue weighted by Crippen LogP contribution is -2.59. The Hall–Kier alpha value is -1.18. The van der Waals surface area contributed by atoms with Crippen LogP contribution in [0.3, 0.4) is 0 Å². The summed E-state index contributed by atoms with van der Waals surface area (Å²) in [6, 6.07) is 0.0503. The van der Waals surface area contributed by atoms with Crippen LogP contribution in [-0.4, -0.2) is 82.9 Å². The molecule has 1 N–H and O–H groups in total. The topological polar surface area (TPSA) is 79.3 Å². The van der Waals surface area contributed by atoms with E-state index in [1.165, 1.54) is 0 Å². The molecule has 7 heteroatoms. The highest BCUT2D eigenvalue weighted by molar-refractivity contribution is 5.68. The largest absolute Gasteiger partial charge is 0.444 e. The SMILES string of the molecule is CC.CC(C)(C)OC(=O)N1CCC(N2CCCC2C=O)C(C(C)(C)O)C1.COC(C)(C)C. The van der Waals surface area contributed by atoms with Gasteiger partial charge in [0.25, 0.3) is 0 Å². The number of aldehydes is 1. The Labute approximate surface area is 196 Å². The molecule has 7 nitrogen and oxygen atoms in total. The van der Waals surface area contributed by atoms with Crippen molar-refractivity contribution in [1.29, 1.82) is 0 Å². The van der Waals surface area contributed by atoms with Crippen molar-refractivity contribution in [2.24, 2.45) is 5.92 Å². The van der Waals surface area contributed by atoms with Gasteiger partial charge in [-0.2, -0.15) is 0 Å². The molecule has 0 saturated carbocycles. The maximum absolute atomic E-state index is 12.4. The van der Waals surface area contributed by atoms with E-state index < -0.39 is 11.2 Å². The van der Waals surface area contributed by atoms with E-state index in [9.17, 15) is 14.7 Å². The molecule has 2 heterocycles. The third-order valence-electron chi connectivity index (χ3n) is 5.67.